The molecule has 0 fully saturated rings. The van der Waals surface area contributed by atoms with Gasteiger partial charge in [0.1, 0.15) is 11.6 Å². The van der Waals surface area contributed by atoms with Gasteiger partial charge < -0.3 is 5.11 Å². The molecule has 6 heteroatoms. The minimum absolute atomic E-state index is 0.00204. The first-order chi connectivity index (χ1) is 12.8. The lowest BCUT2D eigenvalue weighted by atomic mass is 9.89. The van der Waals surface area contributed by atoms with Gasteiger partial charge in [-0.1, -0.05) is 26.8 Å². The summed E-state index contributed by atoms with van der Waals surface area (Å²) in [4.78, 5) is 15.2. The van der Waals surface area contributed by atoms with Crippen molar-refractivity contribution in [3.05, 3.63) is 47.5 Å². The van der Waals surface area contributed by atoms with Gasteiger partial charge in [-0.05, 0) is 49.4 Å². The van der Waals surface area contributed by atoms with Crippen molar-refractivity contribution in [2.75, 3.05) is 0 Å². The summed E-state index contributed by atoms with van der Waals surface area (Å²) in [6.45, 7) is 5.97. The van der Waals surface area contributed by atoms with Crippen LogP contribution < -0.4 is 0 Å². The number of benzene rings is 1. The third-order valence-electron chi connectivity index (χ3n) is 4.30. The Kier molecular flexibility index (Phi) is 7.78. The number of carboxylic acids is 1. The molecule has 3 nitrogen and oxygen atoms in total. The van der Waals surface area contributed by atoms with Crippen LogP contribution in [0.15, 0.2) is 35.4 Å². The number of halogens is 2. The van der Waals surface area contributed by atoms with Gasteiger partial charge >= 0.3 is 5.97 Å². The maximum absolute atomic E-state index is 14.7. The smallest absolute Gasteiger partial charge is 0.303 e. The number of pyridine rings is 1. The Morgan fingerprint density at radius 2 is 1.89 bits per heavy atom. The van der Waals surface area contributed by atoms with Crippen molar-refractivity contribution in [3.63, 3.8) is 0 Å². The van der Waals surface area contributed by atoms with Gasteiger partial charge in [0.2, 0.25) is 0 Å². The highest BCUT2D eigenvalue weighted by Crippen LogP contribution is 2.33. The molecule has 146 valence electrons. The van der Waals surface area contributed by atoms with Crippen molar-refractivity contribution in [2.45, 2.75) is 62.6 Å². The molecule has 1 heterocycles. The second kappa shape index (κ2) is 9.83. The number of aromatic nitrogens is 1. The summed E-state index contributed by atoms with van der Waals surface area (Å²) in [6.07, 6.45) is 1.38. The maximum atomic E-state index is 14.7. The highest BCUT2D eigenvalue weighted by Gasteiger charge is 2.21. The van der Waals surface area contributed by atoms with E-state index in [-0.39, 0.29) is 17.9 Å². The number of carboxylic acid groups (broad SMARTS) is 1. The number of rotatable bonds is 9. The fourth-order valence-corrected chi connectivity index (χ4v) is 3.85. The van der Waals surface area contributed by atoms with Crippen LogP contribution in [0.5, 0.6) is 0 Å². The van der Waals surface area contributed by atoms with Crippen molar-refractivity contribution < 1.29 is 18.7 Å². The number of hydrogen-bond acceptors (Lipinski definition) is 3. The fourth-order valence-electron chi connectivity index (χ4n) is 3.06. The lowest BCUT2D eigenvalue weighted by Gasteiger charge is -2.17. The molecule has 0 radical (unpaired) electrons. The van der Waals surface area contributed by atoms with Crippen LogP contribution in [0.2, 0.25) is 0 Å². The molecule has 0 saturated carbocycles. The predicted octanol–water partition coefficient (Wildman–Crippen LogP) is 6.28. The highest BCUT2D eigenvalue weighted by atomic mass is 32.2. The van der Waals surface area contributed by atoms with Gasteiger partial charge in [-0.3, -0.25) is 4.79 Å². The van der Waals surface area contributed by atoms with Crippen molar-refractivity contribution in [3.8, 4) is 11.3 Å². The van der Waals surface area contributed by atoms with E-state index in [9.17, 15) is 13.6 Å². The molecule has 0 aliphatic rings. The van der Waals surface area contributed by atoms with Crippen molar-refractivity contribution in [1.82, 2.24) is 4.98 Å². The molecule has 1 unspecified atom stereocenters. The van der Waals surface area contributed by atoms with Crippen LogP contribution in [-0.2, 0) is 4.79 Å². The molecular formula is C21H25F2NO2S. The summed E-state index contributed by atoms with van der Waals surface area (Å²) in [5, 5.41) is 9.93. The van der Waals surface area contributed by atoms with Crippen molar-refractivity contribution >= 4 is 17.7 Å². The molecular weight excluding hydrogens is 368 g/mol. The Morgan fingerprint density at radius 1 is 1.22 bits per heavy atom. The van der Waals surface area contributed by atoms with Crippen LogP contribution in [0.1, 0.15) is 57.9 Å². The zero-order valence-electron chi connectivity index (χ0n) is 15.8. The summed E-state index contributed by atoms with van der Waals surface area (Å²) >= 11 is 1.59. The summed E-state index contributed by atoms with van der Waals surface area (Å²) in [6, 6.07) is 8.10. The number of nitrogens with zero attached hydrogens (tertiary/aromatic N) is 1. The van der Waals surface area contributed by atoms with Gasteiger partial charge in [0, 0.05) is 22.8 Å². The lowest BCUT2D eigenvalue weighted by Crippen LogP contribution is -2.06. The molecule has 0 saturated heterocycles. The Hall–Kier alpha value is -1.95. The Morgan fingerprint density at radius 3 is 2.44 bits per heavy atom. The molecule has 2 rings (SSSR count). The highest BCUT2D eigenvalue weighted by molar-refractivity contribution is 7.99. The van der Waals surface area contributed by atoms with Crippen LogP contribution in [0.25, 0.3) is 11.3 Å². The average Bonchev–Trinajstić information content (AvgIpc) is 2.59. The van der Waals surface area contributed by atoms with Gasteiger partial charge in [-0.2, -0.15) is 0 Å². The lowest BCUT2D eigenvalue weighted by molar-refractivity contribution is -0.137. The molecule has 1 atom stereocenters. The largest absolute Gasteiger partial charge is 0.481 e. The molecule has 1 N–H and O–H groups in total. The number of thioether (sulfide) groups is 1. The van der Waals surface area contributed by atoms with E-state index >= 15 is 0 Å². The minimum Gasteiger partial charge on any atom is -0.481 e. The van der Waals surface area contributed by atoms with E-state index < -0.39 is 17.6 Å². The van der Waals surface area contributed by atoms with Gasteiger partial charge in [0.25, 0.3) is 0 Å². The van der Waals surface area contributed by atoms with E-state index in [2.05, 4.69) is 18.8 Å². The van der Waals surface area contributed by atoms with Crippen LogP contribution >= 0.6 is 11.8 Å². The van der Waals surface area contributed by atoms with Gasteiger partial charge in [-0.15, -0.1) is 11.8 Å². The zero-order chi connectivity index (χ0) is 20.0. The standard InChI is InChI=1S/C21H25F2NO2S/c1-4-14(7-5-10-20(25)26)21-16(22)11-15(12-17(21)23)18-8-6-9-19(24-18)27-13(2)3/h6,8-9,11-14H,4-5,7,10H2,1-3H3,(H,25,26). The van der Waals surface area contributed by atoms with Crippen LogP contribution in [0.3, 0.4) is 0 Å². The topological polar surface area (TPSA) is 50.2 Å². The number of hydrogen-bond donors (Lipinski definition) is 1. The van der Waals surface area contributed by atoms with E-state index in [0.29, 0.717) is 35.8 Å². The first-order valence-corrected chi connectivity index (χ1v) is 10.0. The summed E-state index contributed by atoms with van der Waals surface area (Å²) in [7, 11) is 0. The Labute approximate surface area is 163 Å². The molecule has 2 aromatic rings. The molecule has 1 aromatic carbocycles. The Bertz CT molecular complexity index is 772. The van der Waals surface area contributed by atoms with E-state index in [1.807, 2.05) is 19.1 Å². The van der Waals surface area contributed by atoms with Crippen molar-refractivity contribution in [1.29, 1.82) is 0 Å². The third kappa shape index (κ3) is 6.03. The van der Waals surface area contributed by atoms with E-state index in [4.69, 9.17) is 5.11 Å². The predicted molar refractivity (Wildman–Crippen MR) is 105 cm³/mol. The Balaban J connectivity index is 2.29. The summed E-state index contributed by atoms with van der Waals surface area (Å²) in [5.41, 5.74) is 0.976. The van der Waals surface area contributed by atoms with Crippen LogP contribution in [0, 0.1) is 11.6 Å². The zero-order valence-corrected chi connectivity index (χ0v) is 16.7. The normalized spacial score (nSPS) is 12.4. The molecule has 1 aromatic heterocycles. The quantitative estimate of drug-likeness (QED) is 0.510. The monoisotopic (exact) mass is 393 g/mol. The van der Waals surface area contributed by atoms with Crippen LogP contribution in [-0.4, -0.2) is 21.3 Å². The molecule has 0 aliphatic carbocycles. The fraction of sp³-hybridized carbons (Fsp3) is 0.429. The average molecular weight is 393 g/mol. The van der Waals surface area contributed by atoms with Gasteiger partial charge in [0.15, 0.2) is 0 Å². The van der Waals surface area contributed by atoms with E-state index in [0.717, 1.165) is 5.03 Å². The molecule has 0 spiro atoms. The number of aliphatic carboxylic acids is 1. The van der Waals surface area contributed by atoms with Gasteiger partial charge in [-0.25, -0.2) is 13.8 Å². The first-order valence-electron chi connectivity index (χ1n) is 9.16. The minimum atomic E-state index is -0.897. The van der Waals surface area contributed by atoms with Crippen molar-refractivity contribution in [2.24, 2.45) is 0 Å². The number of carbonyl (C=O) groups is 1. The SMILES string of the molecule is CCC(CCCC(=O)O)c1c(F)cc(-c2cccc(SC(C)C)n2)cc1F. The second-order valence-electron chi connectivity index (χ2n) is 6.77. The second-order valence-corrected chi connectivity index (χ2v) is 8.37. The third-order valence-corrected chi connectivity index (χ3v) is 5.24. The summed E-state index contributed by atoms with van der Waals surface area (Å²) < 4.78 is 29.5. The first kappa shape index (κ1) is 21.4. The molecule has 0 amide bonds. The summed E-state index contributed by atoms with van der Waals surface area (Å²) in [5.74, 6) is -2.44. The van der Waals surface area contributed by atoms with E-state index in [1.54, 1.807) is 17.8 Å². The van der Waals surface area contributed by atoms with Crippen LogP contribution in [0.4, 0.5) is 8.78 Å². The van der Waals surface area contributed by atoms with Gasteiger partial charge in [0.05, 0.1) is 10.7 Å². The maximum Gasteiger partial charge on any atom is 0.303 e. The molecule has 0 aliphatic heterocycles. The van der Waals surface area contributed by atoms with E-state index in [1.165, 1.54) is 12.1 Å². The molecule has 27 heavy (non-hydrogen) atoms. The molecule has 0 bridgehead atoms.